The Hall–Kier alpha value is -2.16. The molecule has 8 heteroatoms. The number of amides is 1. The Morgan fingerprint density at radius 1 is 1.35 bits per heavy atom. The molecule has 1 heterocycles. The third kappa shape index (κ3) is 3.98. The van der Waals surface area contributed by atoms with Gasteiger partial charge >= 0.3 is 0 Å². The molecule has 1 aromatic heterocycles. The first kappa shape index (κ1) is 17.2. The molecule has 0 saturated carbocycles. The van der Waals surface area contributed by atoms with Gasteiger partial charge in [-0.25, -0.2) is 18.2 Å². The van der Waals surface area contributed by atoms with E-state index in [-0.39, 0.29) is 17.0 Å². The summed E-state index contributed by atoms with van der Waals surface area (Å²) in [7, 11) is -0.947. The molecule has 0 aliphatic heterocycles. The van der Waals surface area contributed by atoms with Crippen LogP contribution in [0.3, 0.4) is 0 Å². The Labute approximate surface area is 134 Å². The summed E-state index contributed by atoms with van der Waals surface area (Å²) in [5.41, 5.74) is 0.916. The van der Waals surface area contributed by atoms with E-state index in [0.29, 0.717) is 11.3 Å². The number of hydroxylamine groups is 2. The number of furan rings is 1. The second-order valence-electron chi connectivity index (χ2n) is 4.87. The number of aryl methyl sites for hydroxylation is 1. The summed E-state index contributed by atoms with van der Waals surface area (Å²) in [6.45, 7) is 1.76. The van der Waals surface area contributed by atoms with Gasteiger partial charge in [0.05, 0.1) is 24.8 Å². The fraction of sp³-hybridized carbons (Fsp3) is 0.267. The summed E-state index contributed by atoms with van der Waals surface area (Å²) in [5.74, 6) is 0.0733. The number of hydrogen-bond donors (Lipinski definition) is 1. The molecule has 0 fully saturated rings. The SMILES string of the molecule is CON(C)C(=O)c1cc(S(=O)(=O)NCc2ccco2)ccc1C. The van der Waals surface area contributed by atoms with Gasteiger partial charge in [0.15, 0.2) is 0 Å². The van der Waals surface area contributed by atoms with E-state index in [1.54, 1.807) is 25.1 Å². The Bertz CT molecular complexity index is 784. The van der Waals surface area contributed by atoms with E-state index in [1.807, 2.05) is 0 Å². The first-order valence-corrected chi connectivity index (χ1v) is 8.28. The minimum absolute atomic E-state index is 0.00232. The van der Waals surface area contributed by atoms with Gasteiger partial charge in [0.25, 0.3) is 5.91 Å². The zero-order valence-corrected chi connectivity index (χ0v) is 13.9. The van der Waals surface area contributed by atoms with Crippen LogP contribution in [-0.4, -0.2) is 33.5 Å². The van der Waals surface area contributed by atoms with E-state index in [4.69, 9.17) is 9.25 Å². The Morgan fingerprint density at radius 3 is 2.70 bits per heavy atom. The van der Waals surface area contributed by atoms with Crippen LogP contribution < -0.4 is 4.72 Å². The van der Waals surface area contributed by atoms with Crippen molar-refractivity contribution in [1.29, 1.82) is 0 Å². The monoisotopic (exact) mass is 338 g/mol. The fourth-order valence-corrected chi connectivity index (χ4v) is 2.93. The van der Waals surface area contributed by atoms with Crippen molar-refractivity contribution in [1.82, 2.24) is 9.79 Å². The van der Waals surface area contributed by atoms with Crippen LogP contribution >= 0.6 is 0 Å². The van der Waals surface area contributed by atoms with Crippen LogP contribution in [-0.2, 0) is 21.4 Å². The third-order valence-electron chi connectivity index (χ3n) is 3.33. The van der Waals surface area contributed by atoms with Gasteiger partial charge in [0, 0.05) is 12.6 Å². The topological polar surface area (TPSA) is 88.8 Å². The second-order valence-corrected chi connectivity index (χ2v) is 6.63. The van der Waals surface area contributed by atoms with Crippen LogP contribution in [0.15, 0.2) is 45.9 Å². The lowest BCUT2D eigenvalue weighted by atomic mass is 10.1. The molecule has 1 amide bonds. The number of nitrogens with zero attached hydrogens (tertiary/aromatic N) is 1. The van der Waals surface area contributed by atoms with E-state index in [1.165, 1.54) is 32.6 Å². The summed E-state index contributed by atoms with van der Waals surface area (Å²) in [6, 6.07) is 7.70. The molecule has 2 rings (SSSR count). The highest BCUT2D eigenvalue weighted by Crippen LogP contribution is 2.17. The molecule has 23 heavy (non-hydrogen) atoms. The Morgan fingerprint density at radius 2 is 2.09 bits per heavy atom. The van der Waals surface area contributed by atoms with E-state index < -0.39 is 15.9 Å². The Balaban J connectivity index is 2.26. The van der Waals surface area contributed by atoms with Gasteiger partial charge in [-0.2, -0.15) is 0 Å². The number of hydrogen-bond acceptors (Lipinski definition) is 5. The van der Waals surface area contributed by atoms with Gasteiger partial charge in [0.2, 0.25) is 10.0 Å². The predicted molar refractivity (Wildman–Crippen MR) is 83.0 cm³/mol. The van der Waals surface area contributed by atoms with Gasteiger partial charge in [-0.1, -0.05) is 6.07 Å². The van der Waals surface area contributed by atoms with E-state index in [2.05, 4.69) is 4.72 Å². The molecule has 1 aromatic carbocycles. The molecule has 1 N–H and O–H groups in total. The van der Waals surface area contributed by atoms with Crippen molar-refractivity contribution in [3.8, 4) is 0 Å². The molecule has 0 aliphatic carbocycles. The molecular formula is C15H18N2O5S. The minimum Gasteiger partial charge on any atom is -0.468 e. The van der Waals surface area contributed by atoms with Gasteiger partial charge < -0.3 is 4.42 Å². The molecule has 0 saturated heterocycles. The summed E-state index contributed by atoms with van der Waals surface area (Å²) < 4.78 is 32.2. The van der Waals surface area contributed by atoms with Crippen LogP contribution in [0.5, 0.6) is 0 Å². The summed E-state index contributed by atoms with van der Waals surface area (Å²) in [4.78, 5) is 17.0. The average molecular weight is 338 g/mol. The highest BCUT2D eigenvalue weighted by Gasteiger charge is 2.20. The smallest absolute Gasteiger partial charge is 0.277 e. The number of carbonyl (C=O) groups excluding carboxylic acids is 1. The van der Waals surface area contributed by atoms with Crippen molar-refractivity contribution < 1.29 is 22.5 Å². The van der Waals surface area contributed by atoms with Crippen LogP contribution in [0.4, 0.5) is 0 Å². The molecule has 124 valence electrons. The van der Waals surface area contributed by atoms with Crippen LogP contribution in [0.1, 0.15) is 21.7 Å². The maximum atomic E-state index is 12.3. The molecule has 0 unspecified atom stereocenters. The zero-order valence-electron chi connectivity index (χ0n) is 13.1. The van der Waals surface area contributed by atoms with Crippen molar-refractivity contribution in [3.05, 3.63) is 53.5 Å². The summed E-state index contributed by atoms with van der Waals surface area (Å²) in [6.07, 6.45) is 1.47. The van der Waals surface area contributed by atoms with Gasteiger partial charge in [0.1, 0.15) is 5.76 Å². The number of sulfonamides is 1. The molecule has 0 bridgehead atoms. The van der Waals surface area contributed by atoms with Gasteiger partial charge in [-0.3, -0.25) is 9.63 Å². The summed E-state index contributed by atoms with van der Waals surface area (Å²) >= 11 is 0. The molecule has 2 aromatic rings. The quantitative estimate of drug-likeness (QED) is 0.810. The standard InChI is InChI=1S/C15H18N2O5S/c1-11-6-7-13(9-14(11)15(18)17(2)21-3)23(19,20)16-10-12-5-4-8-22-12/h4-9,16H,10H2,1-3H3. The van der Waals surface area contributed by atoms with Gasteiger partial charge in [-0.15, -0.1) is 0 Å². The lowest BCUT2D eigenvalue weighted by Gasteiger charge is -2.16. The van der Waals surface area contributed by atoms with Crippen molar-refractivity contribution in [2.45, 2.75) is 18.4 Å². The molecule has 7 nitrogen and oxygen atoms in total. The maximum Gasteiger partial charge on any atom is 0.277 e. The number of rotatable bonds is 6. The largest absolute Gasteiger partial charge is 0.468 e. The number of benzene rings is 1. The van der Waals surface area contributed by atoms with Crippen molar-refractivity contribution in [2.24, 2.45) is 0 Å². The van der Waals surface area contributed by atoms with Gasteiger partial charge in [-0.05, 0) is 36.8 Å². The lowest BCUT2D eigenvalue weighted by Crippen LogP contribution is -2.27. The average Bonchev–Trinajstić information content (AvgIpc) is 3.05. The van der Waals surface area contributed by atoms with Crippen LogP contribution in [0.25, 0.3) is 0 Å². The number of carbonyl (C=O) groups is 1. The van der Waals surface area contributed by atoms with Crippen LogP contribution in [0.2, 0.25) is 0 Å². The van der Waals surface area contributed by atoms with Crippen LogP contribution in [0, 0.1) is 6.92 Å². The zero-order chi connectivity index (χ0) is 17.0. The second kappa shape index (κ2) is 6.95. The first-order chi connectivity index (χ1) is 10.8. The van der Waals surface area contributed by atoms with E-state index in [0.717, 1.165) is 5.06 Å². The maximum absolute atomic E-state index is 12.3. The van der Waals surface area contributed by atoms with Crippen molar-refractivity contribution in [2.75, 3.05) is 14.2 Å². The van der Waals surface area contributed by atoms with Crippen molar-refractivity contribution in [3.63, 3.8) is 0 Å². The fourth-order valence-electron chi connectivity index (χ4n) is 1.91. The molecule has 0 radical (unpaired) electrons. The lowest BCUT2D eigenvalue weighted by molar-refractivity contribution is -0.0757. The molecular weight excluding hydrogens is 320 g/mol. The normalized spacial score (nSPS) is 11.4. The van der Waals surface area contributed by atoms with Crippen molar-refractivity contribution >= 4 is 15.9 Å². The van der Waals surface area contributed by atoms with E-state index >= 15 is 0 Å². The highest BCUT2D eigenvalue weighted by molar-refractivity contribution is 7.89. The third-order valence-corrected chi connectivity index (χ3v) is 4.73. The van der Waals surface area contributed by atoms with E-state index in [9.17, 15) is 13.2 Å². The predicted octanol–water partition coefficient (Wildman–Crippen LogP) is 1.70. The number of nitrogens with one attached hydrogen (secondary N) is 1. The first-order valence-electron chi connectivity index (χ1n) is 6.80. The minimum atomic E-state index is -3.76. The molecule has 0 spiro atoms. The summed E-state index contributed by atoms with van der Waals surface area (Å²) in [5, 5.41) is 1.04. The molecule has 0 aliphatic rings. The Kier molecular flexibility index (Phi) is 5.19. The molecule has 0 atom stereocenters. The highest BCUT2D eigenvalue weighted by atomic mass is 32.2.